The number of aromatic nitrogens is 3. The molecule has 4 heteroatoms. The van der Waals surface area contributed by atoms with E-state index in [2.05, 4.69) is 51.8 Å². The molecule has 1 aliphatic rings. The number of hydrogen-bond donors (Lipinski definition) is 0. The highest BCUT2D eigenvalue weighted by atomic mass is 15.3. The minimum Gasteiger partial charge on any atom is -0.306 e. The fraction of sp³-hybridized carbons (Fsp3) is 0.538. The summed E-state index contributed by atoms with van der Waals surface area (Å²) in [7, 11) is 2.18. The van der Waals surface area contributed by atoms with E-state index in [1.165, 1.54) is 24.9 Å². The molecular weight excluding hydrogens is 212 g/mol. The van der Waals surface area contributed by atoms with Gasteiger partial charge in [0.25, 0.3) is 0 Å². The zero-order valence-electron chi connectivity index (χ0n) is 10.4. The molecule has 2 aromatic rings. The third kappa shape index (κ3) is 1.93. The first-order chi connectivity index (χ1) is 8.24. The first-order valence-corrected chi connectivity index (χ1v) is 6.24. The van der Waals surface area contributed by atoms with E-state index in [4.69, 9.17) is 0 Å². The second-order valence-corrected chi connectivity index (χ2v) is 5.09. The first-order valence-electron chi connectivity index (χ1n) is 6.24. The average Bonchev–Trinajstić information content (AvgIpc) is 2.71. The van der Waals surface area contributed by atoms with Crippen molar-refractivity contribution in [2.45, 2.75) is 25.7 Å². The molecule has 0 spiro atoms. The Morgan fingerprint density at radius 1 is 1.35 bits per heavy atom. The van der Waals surface area contributed by atoms with Crippen molar-refractivity contribution >= 4 is 5.65 Å². The standard InChI is InChI=1S/C13H18N4/c1-10-5-7-17-12(8-10)14-15-13(17)11-4-3-6-16(2)9-11/h5,7-8,11H,3-4,6,9H2,1-2H3. The number of rotatable bonds is 1. The molecule has 1 aliphatic heterocycles. The summed E-state index contributed by atoms with van der Waals surface area (Å²) in [6, 6.07) is 4.20. The maximum Gasteiger partial charge on any atom is 0.161 e. The van der Waals surface area contributed by atoms with Gasteiger partial charge in [-0.15, -0.1) is 10.2 Å². The monoisotopic (exact) mass is 230 g/mol. The first kappa shape index (κ1) is 10.7. The van der Waals surface area contributed by atoms with Crippen molar-refractivity contribution in [2.75, 3.05) is 20.1 Å². The molecule has 1 unspecified atom stereocenters. The fourth-order valence-corrected chi connectivity index (χ4v) is 2.67. The maximum atomic E-state index is 4.38. The Morgan fingerprint density at radius 3 is 3.06 bits per heavy atom. The number of fused-ring (bicyclic) bond motifs is 1. The summed E-state index contributed by atoms with van der Waals surface area (Å²) in [5, 5.41) is 8.66. The zero-order valence-corrected chi connectivity index (χ0v) is 10.4. The lowest BCUT2D eigenvalue weighted by molar-refractivity contribution is 0.245. The van der Waals surface area contributed by atoms with Gasteiger partial charge in [0.05, 0.1) is 0 Å². The van der Waals surface area contributed by atoms with Crippen LogP contribution >= 0.6 is 0 Å². The molecule has 3 rings (SSSR count). The Balaban J connectivity index is 1.99. The number of aryl methyl sites for hydroxylation is 1. The smallest absolute Gasteiger partial charge is 0.161 e. The Bertz CT molecular complexity index is 531. The van der Waals surface area contributed by atoms with Crippen LogP contribution in [0, 0.1) is 6.92 Å². The number of piperidine rings is 1. The van der Waals surface area contributed by atoms with E-state index in [1.807, 2.05) is 0 Å². The van der Waals surface area contributed by atoms with Crippen molar-refractivity contribution in [1.29, 1.82) is 0 Å². The third-order valence-electron chi connectivity index (χ3n) is 3.58. The summed E-state index contributed by atoms with van der Waals surface area (Å²) in [6.45, 7) is 4.38. The van der Waals surface area contributed by atoms with Crippen molar-refractivity contribution in [3.8, 4) is 0 Å². The van der Waals surface area contributed by atoms with Crippen LogP contribution in [0.25, 0.3) is 5.65 Å². The van der Waals surface area contributed by atoms with Crippen molar-refractivity contribution in [1.82, 2.24) is 19.5 Å². The van der Waals surface area contributed by atoms with Crippen molar-refractivity contribution in [3.63, 3.8) is 0 Å². The Hall–Kier alpha value is -1.42. The minimum absolute atomic E-state index is 0.520. The van der Waals surface area contributed by atoms with Gasteiger partial charge in [0.2, 0.25) is 0 Å². The van der Waals surface area contributed by atoms with Gasteiger partial charge in [-0.1, -0.05) is 0 Å². The van der Waals surface area contributed by atoms with Crippen molar-refractivity contribution in [3.05, 3.63) is 29.7 Å². The van der Waals surface area contributed by atoms with E-state index in [9.17, 15) is 0 Å². The second kappa shape index (κ2) is 4.11. The molecule has 0 amide bonds. The van der Waals surface area contributed by atoms with Crippen molar-refractivity contribution < 1.29 is 0 Å². The molecule has 1 fully saturated rings. The zero-order chi connectivity index (χ0) is 11.8. The van der Waals surface area contributed by atoms with E-state index in [0.29, 0.717) is 5.92 Å². The van der Waals surface area contributed by atoms with E-state index in [-0.39, 0.29) is 0 Å². The number of likely N-dealkylation sites (N-methyl/N-ethyl adjacent to an activating group) is 1. The van der Waals surface area contributed by atoms with Gasteiger partial charge in [-0.3, -0.25) is 4.40 Å². The summed E-state index contributed by atoms with van der Waals surface area (Å²) >= 11 is 0. The van der Waals surface area contributed by atoms with Crippen LogP contribution in [0.5, 0.6) is 0 Å². The van der Waals surface area contributed by atoms with Gasteiger partial charge in [-0.2, -0.15) is 0 Å². The second-order valence-electron chi connectivity index (χ2n) is 5.09. The number of nitrogens with zero attached hydrogens (tertiary/aromatic N) is 4. The summed E-state index contributed by atoms with van der Waals surface area (Å²) in [5.74, 6) is 1.64. The van der Waals surface area contributed by atoms with Crippen LogP contribution in [-0.4, -0.2) is 39.6 Å². The number of hydrogen-bond acceptors (Lipinski definition) is 3. The predicted octanol–water partition coefficient (Wildman–Crippen LogP) is 1.85. The van der Waals surface area contributed by atoms with Gasteiger partial charge in [-0.05, 0) is 51.1 Å². The van der Waals surface area contributed by atoms with Gasteiger partial charge >= 0.3 is 0 Å². The highest BCUT2D eigenvalue weighted by Crippen LogP contribution is 2.25. The SMILES string of the molecule is Cc1ccn2c(C3CCCN(C)C3)nnc2c1. The molecule has 0 N–H and O–H groups in total. The van der Waals surface area contributed by atoms with Crippen LogP contribution < -0.4 is 0 Å². The Kier molecular flexibility index (Phi) is 2.59. The summed E-state index contributed by atoms with van der Waals surface area (Å²) < 4.78 is 2.14. The molecule has 0 saturated carbocycles. The normalized spacial score (nSPS) is 22.1. The van der Waals surface area contributed by atoms with E-state index >= 15 is 0 Å². The lowest BCUT2D eigenvalue weighted by Gasteiger charge is -2.28. The van der Waals surface area contributed by atoms with Gasteiger partial charge in [0.15, 0.2) is 5.65 Å². The van der Waals surface area contributed by atoms with Crippen LogP contribution in [0.4, 0.5) is 0 Å². The molecule has 4 nitrogen and oxygen atoms in total. The van der Waals surface area contributed by atoms with Crippen LogP contribution in [0.3, 0.4) is 0 Å². The largest absolute Gasteiger partial charge is 0.306 e. The number of pyridine rings is 1. The Morgan fingerprint density at radius 2 is 2.24 bits per heavy atom. The quantitative estimate of drug-likeness (QED) is 0.749. The molecule has 17 heavy (non-hydrogen) atoms. The minimum atomic E-state index is 0.520. The highest BCUT2D eigenvalue weighted by molar-refractivity contribution is 5.41. The summed E-state index contributed by atoms with van der Waals surface area (Å²) in [6.07, 6.45) is 4.57. The average molecular weight is 230 g/mol. The highest BCUT2D eigenvalue weighted by Gasteiger charge is 2.23. The van der Waals surface area contributed by atoms with E-state index in [1.54, 1.807) is 0 Å². The summed E-state index contributed by atoms with van der Waals surface area (Å²) in [4.78, 5) is 2.38. The maximum absolute atomic E-state index is 4.38. The molecule has 1 atom stereocenters. The molecule has 0 aromatic carbocycles. The predicted molar refractivity (Wildman–Crippen MR) is 67.2 cm³/mol. The lowest BCUT2D eigenvalue weighted by atomic mass is 9.98. The van der Waals surface area contributed by atoms with E-state index in [0.717, 1.165) is 18.0 Å². The summed E-state index contributed by atoms with van der Waals surface area (Å²) in [5.41, 5.74) is 2.20. The molecule has 3 heterocycles. The van der Waals surface area contributed by atoms with Crippen LogP contribution in [-0.2, 0) is 0 Å². The fourth-order valence-electron chi connectivity index (χ4n) is 2.67. The van der Waals surface area contributed by atoms with Crippen LogP contribution in [0.15, 0.2) is 18.3 Å². The van der Waals surface area contributed by atoms with Crippen LogP contribution in [0.1, 0.15) is 30.1 Å². The topological polar surface area (TPSA) is 33.4 Å². The van der Waals surface area contributed by atoms with Crippen molar-refractivity contribution in [2.24, 2.45) is 0 Å². The Labute approximate surface area is 101 Å². The molecule has 0 bridgehead atoms. The molecule has 2 aromatic heterocycles. The molecule has 0 aliphatic carbocycles. The van der Waals surface area contributed by atoms with Gasteiger partial charge in [-0.25, -0.2) is 0 Å². The molecule has 1 saturated heterocycles. The molecule has 0 radical (unpaired) electrons. The number of likely N-dealkylation sites (tertiary alicyclic amines) is 1. The van der Waals surface area contributed by atoms with Gasteiger partial charge < -0.3 is 4.90 Å². The lowest BCUT2D eigenvalue weighted by Crippen LogP contribution is -2.31. The van der Waals surface area contributed by atoms with Gasteiger partial charge in [0, 0.05) is 18.7 Å². The van der Waals surface area contributed by atoms with Gasteiger partial charge in [0.1, 0.15) is 5.82 Å². The molecular formula is C13H18N4. The third-order valence-corrected chi connectivity index (χ3v) is 3.58. The van der Waals surface area contributed by atoms with E-state index < -0.39 is 0 Å². The molecule has 90 valence electrons. The van der Waals surface area contributed by atoms with Crippen LogP contribution in [0.2, 0.25) is 0 Å².